The molecule has 0 atom stereocenters. The lowest BCUT2D eigenvalue weighted by atomic mass is 10.3. The van der Waals surface area contributed by atoms with Crippen molar-refractivity contribution in [1.29, 1.82) is 0 Å². The lowest BCUT2D eigenvalue weighted by Crippen LogP contribution is -2.00. The number of nitrogens with two attached hydrogens (primary N) is 1. The number of thiazole rings is 1. The molecule has 0 saturated heterocycles. The lowest BCUT2D eigenvalue weighted by Gasteiger charge is -1.98. The summed E-state index contributed by atoms with van der Waals surface area (Å²) >= 11 is 1.56. The van der Waals surface area contributed by atoms with Crippen molar-refractivity contribution in [3.8, 4) is 10.7 Å². The number of nitrogen functional groups attached to an aromatic ring is 1. The topological polar surface area (TPSA) is 90.8 Å². The van der Waals surface area contributed by atoms with Gasteiger partial charge in [-0.15, -0.1) is 11.3 Å². The monoisotopic (exact) mass is 232 g/mol. The molecule has 0 aliphatic carbocycles. The largest absolute Gasteiger partial charge is 0.354 e. The molecule has 1 aliphatic heterocycles. The molecule has 3 heterocycles. The van der Waals surface area contributed by atoms with Gasteiger partial charge in [0.25, 0.3) is 5.95 Å². The Bertz CT molecular complexity index is 588. The highest BCUT2D eigenvalue weighted by atomic mass is 32.1. The Morgan fingerprint density at radius 2 is 2.31 bits per heavy atom. The molecular formula is C9H8N6S+. The van der Waals surface area contributed by atoms with Crippen LogP contribution in [0.25, 0.3) is 10.7 Å². The summed E-state index contributed by atoms with van der Waals surface area (Å²) in [4.78, 5) is 17.7. The zero-order chi connectivity index (χ0) is 11.1. The molecule has 0 spiro atoms. The first-order valence-electron chi connectivity index (χ1n) is 4.63. The van der Waals surface area contributed by atoms with Gasteiger partial charge in [-0.3, -0.25) is 5.32 Å². The Morgan fingerprint density at radius 1 is 1.44 bits per heavy atom. The second-order valence-electron chi connectivity index (χ2n) is 3.31. The van der Waals surface area contributed by atoms with Crippen LogP contribution in [0.15, 0.2) is 6.20 Å². The van der Waals surface area contributed by atoms with Crippen LogP contribution >= 0.6 is 11.3 Å². The summed E-state index contributed by atoms with van der Waals surface area (Å²) in [5.41, 5.74) is 7.10. The van der Waals surface area contributed by atoms with Crippen LogP contribution in [0.2, 0.25) is 0 Å². The van der Waals surface area contributed by atoms with Crippen LogP contribution in [0.5, 0.6) is 0 Å². The summed E-state index contributed by atoms with van der Waals surface area (Å²) in [6.07, 6.45) is 3.38. The maximum atomic E-state index is 5.63. The van der Waals surface area contributed by atoms with E-state index in [0.29, 0.717) is 11.5 Å². The number of fused-ring (bicyclic) bond motifs is 1. The third-order valence-corrected chi connectivity index (χ3v) is 3.05. The number of rotatable bonds is 1. The van der Waals surface area contributed by atoms with Gasteiger partial charge in [0.15, 0.2) is 5.69 Å². The van der Waals surface area contributed by atoms with Gasteiger partial charge in [-0.25, -0.2) is 4.98 Å². The zero-order valence-corrected chi connectivity index (χ0v) is 9.25. The number of hydrogen-bond acceptors (Lipinski definition) is 7. The van der Waals surface area contributed by atoms with E-state index < -0.39 is 0 Å². The molecule has 16 heavy (non-hydrogen) atoms. The van der Waals surface area contributed by atoms with Gasteiger partial charge in [0, 0.05) is 11.1 Å². The van der Waals surface area contributed by atoms with Crippen LogP contribution in [-0.2, 0) is 0 Å². The fourth-order valence-electron chi connectivity index (χ4n) is 1.47. The van der Waals surface area contributed by atoms with E-state index >= 15 is 0 Å². The second kappa shape index (κ2) is 3.24. The van der Waals surface area contributed by atoms with Gasteiger partial charge in [0.05, 0.1) is 0 Å². The minimum Gasteiger partial charge on any atom is -0.354 e. The van der Waals surface area contributed by atoms with E-state index in [1.165, 1.54) is 0 Å². The van der Waals surface area contributed by atoms with Crippen molar-refractivity contribution in [2.24, 2.45) is 0 Å². The van der Waals surface area contributed by atoms with Gasteiger partial charge in [-0.2, -0.15) is 4.98 Å². The third kappa shape index (κ3) is 1.33. The van der Waals surface area contributed by atoms with Crippen molar-refractivity contribution in [2.45, 2.75) is 6.92 Å². The van der Waals surface area contributed by atoms with E-state index in [-0.39, 0.29) is 5.95 Å². The normalized spacial score (nSPS) is 12.6. The van der Waals surface area contributed by atoms with E-state index in [4.69, 9.17) is 5.73 Å². The Hall–Kier alpha value is -2.02. The highest BCUT2D eigenvalue weighted by molar-refractivity contribution is 7.15. The molecule has 0 unspecified atom stereocenters. The van der Waals surface area contributed by atoms with E-state index in [0.717, 1.165) is 15.6 Å². The average Bonchev–Trinajstić information content (AvgIpc) is 2.84. The molecule has 0 bridgehead atoms. The molecule has 79 valence electrons. The van der Waals surface area contributed by atoms with Crippen molar-refractivity contribution in [1.82, 2.24) is 19.9 Å². The molecule has 0 amide bonds. The van der Waals surface area contributed by atoms with Crippen LogP contribution in [0.1, 0.15) is 4.88 Å². The SMILES string of the molecule is Cc1cnc(-c2nc(N)nc3c2NC=[N+]3)s1. The van der Waals surface area contributed by atoms with Crippen molar-refractivity contribution in [3.63, 3.8) is 0 Å². The predicted octanol–water partition coefficient (Wildman–Crippen LogP) is 0.912. The first kappa shape index (κ1) is 9.22. The summed E-state index contributed by atoms with van der Waals surface area (Å²) in [5, 5.41) is 3.82. The van der Waals surface area contributed by atoms with Crippen LogP contribution < -0.4 is 16.0 Å². The number of aryl methyl sites for hydroxylation is 1. The number of aliphatic imine (C=N–C) groups is 1. The highest BCUT2D eigenvalue weighted by Crippen LogP contribution is 2.34. The van der Waals surface area contributed by atoms with E-state index in [9.17, 15) is 0 Å². The fourth-order valence-corrected chi connectivity index (χ4v) is 2.23. The van der Waals surface area contributed by atoms with Crippen molar-refractivity contribution < 1.29 is 0 Å². The number of nitrogens with one attached hydrogen (secondary N) is 1. The van der Waals surface area contributed by atoms with Gasteiger partial charge in [0.2, 0.25) is 12.0 Å². The Kier molecular flexibility index (Phi) is 1.87. The van der Waals surface area contributed by atoms with Crippen LogP contribution in [-0.4, -0.2) is 21.3 Å². The number of anilines is 2. The smallest absolute Gasteiger partial charge is 0.341 e. The lowest BCUT2D eigenvalue weighted by molar-refractivity contribution is 1.16. The number of nitrogens with zero attached hydrogens (tertiary/aromatic N) is 4. The van der Waals surface area contributed by atoms with Crippen molar-refractivity contribution in [2.75, 3.05) is 11.1 Å². The van der Waals surface area contributed by atoms with Gasteiger partial charge < -0.3 is 5.73 Å². The molecule has 3 rings (SSSR count). The molecule has 3 N–H and O–H groups in total. The van der Waals surface area contributed by atoms with Gasteiger partial charge in [-0.05, 0) is 6.92 Å². The van der Waals surface area contributed by atoms with Crippen molar-refractivity contribution in [3.05, 3.63) is 11.1 Å². The Labute approximate surface area is 95.3 Å². The fraction of sp³-hybridized carbons (Fsp3) is 0.111. The molecular weight excluding hydrogens is 224 g/mol. The molecule has 2 aromatic rings. The van der Waals surface area contributed by atoms with E-state index in [2.05, 4.69) is 25.3 Å². The van der Waals surface area contributed by atoms with Gasteiger partial charge >= 0.3 is 5.82 Å². The third-order valence-electron chi connectivity index (χ3n) is 2.13. The Balaban J connectivity index is 2.22. The first-order chi connectivity index (χ1) is 7.74. The minimum atomic E-state index is 0.211. The molecule has 1 radical (unpaired) electrons. The minimum absolute atomic E-state index is 0.211. The maximum Gasteiger partial charge on any atom is 0.341 e. The molecule has 0 fully saturated rings. The first-order valence-corrected chi connectivity index (χ1v) is 5.45. The van der Waals surface area contributed by atoms with Crippen molar-refractivity contribution >= 4 is 35.1 Å². The van der Waals surface area contributed by atoms with E-state index in [1.54, 1.807) is 23.9 Å². The van der Waals surface area contributed by atoms with Crippen LogP contribution in [0, 0.1) is 6.92 Å². The number of hydrogen-bond donors (Lipinski definition) is 2. The standard InChI is InChI=1S/C9H8N6S/c1-4-2-11-8(16-4)6-5-7(13-3-12-5)15-9(10)14-6/h2-3,12H,1H3,(H2,10,14,15)/q+1. The summed E-state index contributed by atoms with van der Waals surface area (Å²) in [6, 6.07) is 0. The summed E-state index contributed by atoms with van der Waals surface area (Å²) < 4.78 is 0. The predicted molar refractivity (Wildman–Crippen MR) is 63.8 cm³/mol. The van der Waals surface area contributed by atoms with Crippen LogP contribution in [0.4, 0.5) is 17.5 Å². The van der Waals surface area contributed by atoms with Crippen LogP contribution in [0.3, 0.4) is 0 Å². The average molecular weight is 232 g/mol. The maximum absolute atomic E-state index is 5.63. The highest BCUT2D eigenvalue weighted by Gasteiger charge is 2.26. The van der Waals surface area contributed by atoms with E-state index in [1.807, 2.05) is 6.92 Å². The summed E-state index contributed by atoms with van der Waals surface area (Å²) in [7, 11) is 0. The molecule has 1 aliphatic rings. The Morgan fingerprint density at radius 3 is 3.06 bits per heavy atom. The quantitative estimate of drug-likeness (QED) is 0.762. The molecule has 7 heteroatoms. The molecule has 0 aromatic carbocycles. The molecule has 0 saturated carbocycles. The zero-order valence-electron chi connectivity index (χ0n) is 8.43. The second-order valence-corrected chi connectivity index (χ2v) is 4.54. The summed E-state index contributed by atoms with van der Waals surface area (Å²) in [5.74, 6) is 0.776. The summed E-state index contributed by atoms with van der Waals surface area (Å²) in [6.45, 7) is 2.00. The number of aromatic nitrogens is 3. The molecule has 6 nitrogen and oxygen atoms in total. The molecule has 2 aromatic heterocycles. The van der Waals surface area contributed by atoms with Gasteiger partial charge in [-0.1, -0.05) is 9.98 Å². The van der Waals surface area contributed by atoms with Gasteiger partial charge in [0.1, 0.15) is 5.01 Å².